The molecule has 1 nitrogen and oxygen atoms in total. The molecule has 1 heterocycles. The van der Waals surface area contributed by atoms with Gasteiger partial charge in [-0.25, -0.2) is 4.39 Å². The first-order valence-corrected chi connectivity index (χ1v) is 9.27. The third kappa shape index (κ3) is 3.80. The van der Waals surface area contributed by atoms with Gasteiger partial charge in [0.2, 0.25) is 0 Å². The molecule has 0 saturated carbocycles. The Kier molecular flexibility index (Phi) is 5.16. The van der Waals surface area contributed by atoms with Crippen molar-refractivity contribution in [2.75, 3.05) is 19.3 Å². The van der Waals surface area contributed by atoms with E-state index in [4.69, 9.17) is 0 Å². The van der Waals surface area contributed by atoms with Crippen LogP contribution in [0.15, 0.2) is 24.3 Å². The average Bonchev–Trinajstić information content (AvgIpc) is 2.70. The summed E-state index contributed by atoms with van der Waals surface area (Å²) in [7, 11) is -1.41. The van der Waals surface area contributed by atoms with Gasteiger partial charge >= 0.3 is 0 Å². The van der Waals surface area contributed by atoms with Gasteiger partial charge < -0.3 is 4.90 Å². The van der Waals surface area contributed by atoms with Gasteiger partial charge in [0, 0.05) is 0 Å². The van der Waals surface area contributed by atoms with Crippen LogP contribution in [-0.2, 0) is 0 Å². The zero-order chi connectivity index (χ0) is 11.6. The second-order valence-corrected chi connectivity index (χ2v) is 10.0. The maximum atomic E-state index is 12.9. The van der Waals surface area contributed by atoms with Crippen LogP contribution in [0, 0.1) is 5.82 Å². The van der Waals surface area contributed by atoms with E-state index in [9.17, 15) is 4.39 Å². The van der Waals surface area contributed by atoms with Crippen molar-refractivity contribution in [1.82, 2.24) is 4.90 Å². The lowest BCUT2D eigenvalue weighted by Crippen LogP contribution is -2.51. The maximum absolute atomic E-state index is 12.9. The van der Waals surface area contributed by atoms with Crippen LogP contribution in [-0.4, -0.2) is 32.2 Å². The summed E-state index contributed by atoms with van der Waals surface area (Å²) in [5, 5.41) is 1.36. The van der Waals surface area contributed by atoms with E-state index in [1.54, 1.807) is 12.1 Å². The van der Waals surface area contributed by atoms with Gasteiger partial charge in [-0.05, 0) is 44.2 Å². The molecule has 1 saturated heterocycles. The summed E-state index contributed by atoms with van der Waals surface area (Å²) in [6.07, 6.45) is 3.89. The fourth-order valence-corrected chi connectivity index (χ4v) is 5.18. The molecule has 0 radical (unpaired) electrons. The molecular weight excluding hydrogens is 253 g/mol. The van der Waals surface area contributed by atoms with Crippen LogP contribution < -0.4 is 5.19 Å². The fraction of sp³-hybridized carbons (Fsp3) is 0.538. The van der Waals surface area contributed by atoms with E-state index in [-0.39, 0.29) is 18.2 Å². The molecule has 0 spiro atoms. The molecule has 0 unspecified atom stereocenters. The summed E-state index contributed by atoms with van der Waals surface area (Å²) in [5.41, 5.74) is 0. The Morgan fingerprint density at radius 1 is 1.12 bits per heavy atom. The number of benzene rings is 1. The van der Waals surface area contributed by atoms with Gasteiger partial charge in [-0.2, -0.15) is 0 Å². The first kappa shape index (κ1) is 14.7. The van der Waals surface area contributed by atoms with Crippen LogP contribution in [0.4, 0.5) is 4.39 Å². The minimum absolute atomic E-state index is 0. The average molecular weight is 274 g/mol. The predicted octanol–water partition coefficient (Wildman–Crippen LogP) is 2.80. The number of hydrogen-bond donors (Lipinski definition) is 0. The molecule has 0 aromatic heterocycles. The van der Waals surface area contributed by atoms with Crippen molar-refractivity contribution >= 4 is 25.7 Å². The topological polar surface area (TPSA) is 3.24 Å². The van der Waals surface area contributed by atoms with E-state index in [1.807, 2.05) is 12.1 Å². The second kappa shape index (κ2) is 5.98. The van der Waals surface area contributed by atoms with Crippen molar-refractivity contribution in [3.63, 3.8) is 0 Å². The lowest BCUT2D eigenvalue weighted by Gasteiger charge is -2.28. The van der Waals surface area contributed by atoms with Crippen LogP contribution in [0.5, 0.6) is 0 Å². The highest BCUT2D eigenvalue weighted by molar-refractivity contribution is 6.89. The molecule has 1 aliphatic heterocycles. The van der Waals surface area contributed by atoms with Crippen LogP contribution in [0.25, 0.3) is 0 Å². The molecule has 0 bridgehead atoms. The molecule has 0 atom stereocenters. The summed E-state index contributed by atoms with van der Waals surface area (Å²) in [5.74, 6) is -0.130. The zero-order valence-electron chi connectivity index (χ0n) is 10.6. The van der Waals surface area contributed by atoms with E-state index in [2.05, 4.69) is 18.0 Å². The highest BCUT2D eigenvalue weighted by Gasteiger charge is 2.27. The summed E-state index contributed by atoms with van der Waals surface area (Å²) in [6.45, 7) is 7.24. The summed E-state index contributed by atoms with van der Waals surface area (Å²) >= 11 is 0. The normalized spacial score (nSPS) is 16.9. The predicted molar refractivity (Wildman–Crippen MR) is 76.4 cm³/mol. The Morgan fingerprint density at radius 3 is 2.18 bits per heavy atom. The SMILES string of the molecule is C[Si](C)(CN1CCCC1)c1ccc(F)cc1.Cl. The van der Waals surface area contributed by atoms with E-state index in [0.29, 0.717) is 0 Å². The quantitative estimate of drug-likeness (QED) is 0.766. The smallest absolute Gasteiger partial charge is 0.123 e. The van der Waals surface area contributed by atoms with Crippen molar-refractivity contribution in [2.24, 2.45) is 0 Å². The third-order valence-electron chi connectivity index (χ3n) is 3.44. The van der Waals surface area contributed by atoms with Crippen molar-refractivity contribution < 1.29 is 4.39 Å². The summed E-state index contributed by atoms with van der Waals surface area (Å²) in [6, 6.07) is 7.12. The molecule has 1 fully saturated rings. The standard InChI is InChI=1S/C13H20FNSi.ClH/c1-16(2,11-15-9-3-4-10-15)13-7-5-12(14)6-8-13;/h5-8H,3-4,9-11H2,1-2H3;1H. The zero-order valence-corrected chi connectivity index (χ0v) is 12.4. The second-order valence-electron chi connectivity index (χ2n) is 5.37. The Morgan fingerprint density at radius 2 is 1.65 bits per heavy atom. The van der Waals surface area contributed by atoms with Gasteiger partial charge in [0.1, 0.15) is 5.82 Å². The Balaban J connectivity index is 0.00000144. The molecule has 17 heavy (non-hydrogen) atoms. The minimum atomic E-state index is -1.41. The maximum Gasteiger partial charge on any atom is 0.123 e. The number of hydrogen-bond acceptors (Lipinski definition) is 1. The molecule has 2 rings (SSSR count). The van der Waals surface area contributed by atoms with Gasteiger partial charge in [-0.15, -0.1) is 12.4 Å². The lowest BCUT2D eigenvalue weighted by atomic mass is 10.3. The van der Waals surface area contributed by atoms with Gasteiger partial charge in [0.05, 0.1) is 8.07 Å². The highest BCUT2D eigenvalue weighted by atomic mass is 35.5. The molecule has 1 aromatic rings. The number of rotatable bonds is 3. The first-order chi connectivity index (χ1) is 7.58. The molecule has 4 heteroatoms. The van der Waals surface area contributed by atoms with Gasteiger partial charge in [-0.1, -0.05) is 30.4 Å². The van der Waals surface area contributed by atoms with Crippen molar-refractivity contribution in [1.29, 1.82) is 0 Å². The highest BCUT2D eigenvalue weighted by Crippen LogP contribution is 2.13. The largest absolute Gasteiger partial charge is 0.306 e. The third-order valence-corrected chi connectivity index (χ3v) is 6.58. The van der Waals surface area contributed by atoms with Gasteiger partial charge in [-0.3, -0.25) is 0 Å². The van der Waals surface area contributed by atoms with Crippen LogP contribution in [0.3, 0.4) is 0 Å². The van der Waals surface area contributed by atoms with E-state index >= 15 is 0 Å². The van der Waals surface area contributed by atoms with Crippen LogP contribution in [0.1, 0.15) is 12.8 Å². The van der Waals surface area contributed by atoms with Gasteiger partial charge in [0.25, 0.3) is 0 Å². The van der Waals surface area contributed by atoms with E-state index in [1.165, 1.54) is 37.3 Å². The van der Waals surface area contributed by atoms with Crippen molar-refractivity contribution in [2.45, 2.75) is 25.9 Å². The Labute approximate surface area is 110 Å². The Hall–Kier alpha value is -0.383. The lowest BCUT2D eigenvalue weighted by molar-refractivity contribution is 0.390. The van der Waals surface area contributed by atoms with Gasteiger partial charge in [0.15, 0.2) is 0 Å². The van der Waals surface area contributed by atoms with Crippen LogP contribution >= 0.6 is 12.4 Å². The van der Waals surface area contributed by atoms with E-state index < -0.39 is 8.07 Å². The molecule has 0 N–H and O–H groups in total. The number of halogens is 2. The Bertz CT molecular complexity index is 347. The minimum Gasteiger partial charge on any atom is -0.306 e. The molecule has 0 amide bonds. The van der Waals surface area contributed by atoms with Crippen molar-refractivity contribution in [3.05, 3.63) is 30.1 Å². The molecule has 0 aliphatic carbocycles. The fourth-order valence-electron chi connectivity index (χ4n) is 2.49. The van der Waals surface area contributed by atoms with E-state index in [0.717, 1.165) is 0 Å². The van der Waals surface area contributed by atoms with Crippen LogP contribution in [0.2, 0.25) is 13.1 Å². The molecule has 1 aromatic carbocycles. The monoisotopic (exact) mass is 273 g/mol. The molecule has 96 valence electrons. The molecule has 1 aliphatic rings. The molecular formula is C13H21ClFNSi. The summed E-state index contributed by atoms with van der Waals surface area (Å²) < 4.78 is 12.9. The number of likely N-dealkylation sites (tertiary alicyclic amines) is 1. The number of nitrogens with zero attached hydrogens (tertiary/aromatic N) is 1. The first-order valence-electron chi connectivity index (χ1n) is 6.06. The summed E-state index contributed by atoms with van der Waals surface area (Å²) in [4.78, 5) is 2.57. The van der Waals surface area contributed by atoms with Crippen molar-refractivity contribution in [3.8, 4) is 0 Å².